The molecule has 0 amide bonds. The van der Waals surface area contributed by atoms with E-state index in [1.807, 2.05) is 36.4 Å². The Morgan fingerprint density at radius 2 is 0.775 bits per heavy atom. The molecular formula is C62H59BN4O2S2. The Balaban J connectivity index is 1.25. The molecular weight excluding hydrogens is 908 g/mol. The van der Waals surface area contributed by atoms with Crippen LogP contribution in [0.25, 0.3) is 33.9 Å². The molecule has 0 saturated carbocycles. The molecule has 7 aromatic carbocycles. The quantitative estimate of drug-likeness (QED) is 0.164. The number of hydrogen-bond acceptors (Lipinski definition) is 6. The topological polar surface area (TPSA) is 66.4 Å². The number of benzene rings is 7. The van der Waals surface area contributed by atoms with Gasteiger partial charge in [0, 0.05) is 28.1 Å². The molecule has 9 heteroatoms. The van der Waals surface area contributed by atoms with Crippen molar-refractivity contribution < 1.29 is 8.42 Å². The standard InChI is InChI=1S/C62H59BN4O2S2/c1-59(2,3)39-23-25-47-51(31-39)70(68)53-33-41(61(7,8)9)29-43-56(53)66(47)49-27-38(58-64-45(36-19-15-13-16-20-36)35-46(65-58)37-21-17-14-18-22-37)28-50-55(49)63(43)44-30-42(62(10,11)12)34-54-57(44)67(50)48-26-24-40(60(4,5)6)32-52(48)71(54)69/h13-35H,1-12H3. The van der Waals surface area contributed by atoms with Gasteiger partial charge in [0.25, 0.3) is 6.71 Å². The molecule has 354 valence electrons. The minimum atomic E-state index is -1.50. The molecule has 2 atom stereocenters. The molecule has 4 aliphatic rings. The lowest BCUT2D eigenvalue weighted by Gasteiger charge is -2.48. The van der Waals surface area contributed by atoms with Crippen molar-refractivity contribution in [2.24, 2.45) is 0 Å². The van der Waals surface area contributed by atoms with Crippen LogP contribution in [0.4, 0.5) is 34.1 Å². The van der Waals surface area contributed by atoms with Crippen LogP contribution in [0.5, 0.6) is 0 Å². The van der Waals surface area contributed by atoms with E-state index in [1.165, 1.54) is 0 Å². The maximum atomic E-state index is 15.6. The molecule has 6 nitrogen and oxygen atoms in total. The van der Waals surface area contributed by atoms with Gasteiger partial charge in [0.15, 0.2) is 5.82 Å². The first kappa shape index (κ1) is 45.7. The first-order chi connectivity index (χ1) is 33.6. The van der Waals surface area contributed by atoms with Crippen molar-refractivity contribution in [1.29, 1.82) is 0 Å². The molecule has 1 aromatic heterocycles. The molecule has 0 fully saturated rings. The SMILES string of the molecule is CC(C)(C)c1ccc2c(c1)S(=O)c1cc(C(C)(C)C)cc3c1N2c1cc(-c2nc(-c4ccccc4)cc(-c4ccccc4)n2)cc2c1B3c1cc(C(C)(C)C)cc3c1N2c1ccc(C(C)(C)C)cc1S3=O. The van der Waals surface area contributed by atoms with E-state index in [0.29, 0.717) is 5.82 Å². The summed E-state index contributed by atoms with van der Waals surface area (Å²) < 4.78 is 31.2. The monoisotopic (exact) mass is 966 g/mol. The average molecular weight is 967 g/mol. The smallest absolute Gasteiger partial charge is 0.252 e. The molecule has 0 spiro atoms. The van der Waals surface area contributed by atoms with Crippen molar-refractivity contribution in [3.8, 4) is 33.9 Å². The van der Waals surface area contributed by atoms with E-state index >= 15 is 8.42 Å². The summed E-state index contributed by atoms with van der Waals surface area (Å²) in [5.74, 6) is 0.594. The normalized spacial score (nSPS) is 16.5. The predicted octanol–water partition coefficient (Wildman–Crippen LogP) is 13.7. The lowest BCUT2D eigenvalue weighted by Crippen LogP contribution is -2.62. The van der Waals surface area contributed by atoms with Crippen LogP contribution in [0, 0.1) is 0 Å². The van der Waals surface area contributed by atoms with Crippen LogP contribution in [-0.2, 0) is 43.3 Å². The van der Waals surface area contributed by atoms with E-state index in [0.717, 1.165) is 120 Å². The van der Waals surface area contributed by atoms with Crippen molar-refractivity contribution in [2.75, 3.05) is 9.80 Å². The second-order valence-corrected chi connectivity index (χ2v) is 26.8. The maximum absolute atomic E-state index is 15.6. The Morgan fingerprint density at radius 1 is 0.394 bits per heavy atom. The minimum Gasteiger partial charge on any atom is -0.309 e. The zero-order chi connectivity index (χ0) is 49.8. The third kappa shape index (κ3) is 7.16. The van der Waals surface area contributed by atoms with E-state index in [-0.39, 0.29) is 28.4 Å². The lowest BCUT2D eigenvalue weighted by atomic mass is 9.33. The fraction of sp³-hybridized carbons (Fsp3) is 0.258. The maximum Gasteiger partial charge on any atom is 0.252 e. The summed E-state index contributed by atoms with van der Waals surface area (Å²) in [6.07, 6.45) is 0. The van der Waals surface area contributed by atoms with Gasteiger partial charge >= 0.3 is 0 Å². The molecule has 8 aromatic rings. The first-order valence-electron chi connectivity index (χ1n) is 24.8. The fourth-order valence-corrected chi connectivity index (χ4v) is 13.8. The fourth-order valence-electron chi connectivity index (χ4n) is 10.9. The molecule has 12 rings (SSSR count). The lowest BCUT2D eigenvalue weighted by molar-refractivity contribution is 0.587. The highest BCUT2D eigenvalue weighted by molar-refractivity contribution is 7.86. The molecule has 0 saturated heterocycles. The molecule has 0 N–H and O–H groups in total. The van der Waals surface area contributed by atoms with Gasteiger partial charge in [0.05, 0.1) is 75.3 Å². The van der Waals surface area contributed by atoms with Crippen LogP contribution in [0.3, 0.4) is 0 Å². The van der Waals surface area contributed by atoms with E-state index in [4.69, 9.17) is 9.97 Å². The van der Waals surface area contributed by atoms with Crippen LogP contribution in [0.2, 0.25) is 0 Å². The minimum absolute atomic E-state index is 0.164. The van der Waals surface area contributed by atoms with Gasteiger partial charge in [0.1, 0.15) is 0 Å². The molecule has 5 heterocycles. The van der Waals surface area contributed by atoms with Gasteiger partial charge in [-0.2, -0.15) is 0 Å². The van der Waals surface area contributed by atoms with Crippen molar-refractivity contribution in [3.63, 3.8) is 0 Å². The molecule has 0 bridgehead atoms. The summed E-state index contributed by atoms with van der Waals surface area (Å²) in [7, 11) is -3.00. The number of hydrogen-bond donors (Lipinski definition) is 0. The summed E-state index contributed by atoms with van der Waals surface area (Å²) in [6.45, 7) is 26.5. The molecule has 71 heavy (non-hydrogen) atoms. The zero-order valence-corrected chi connectivity index (χ0v) is 44.4. The molecule has 0 aliphatic carbocycles. The molecule has 4 aliphatic heterocycles. The Hall–Kier alpha value is -6.42. The highest BCUT2D eigenvalue weighted by atomic mass is 32.2. The first-order valence-corrected chi connectivity index (χ1v) is 27.1. The summed E-state index contributed by atoms with van der Waals surface area (Å²) in [6, 6.07) is 49.7. The van der Waals surface area contributed by atoms with Crippen molar-refractivity contribution in [1.82, 2.24) is 9.97 Å². The van der Waals surface area contributed by atoms with Crippen LogP contribution in [0.15, 0.2) is 159 Å². The van der Waals surface area contributed by atoms with Crippen LogP contribution < -0.4 is 26.2 Å². The molecule has 0 radical (unpaired) electrons. The van der Waals surface area contributed by atoms with Gasteiger partial charge in [-0.1, -0.05) is 168 Å². The van der Waals surface area contributed by atoms with Crippen LogP contribution in [0.1, 0.15) is 105 Å². The zero-order valence-electron chi connectivity index (χ0n) is 42.8. The Bertz CT molecular complexity index is 3400. The highest BCUT2D eigenvalue weighted by Crippen LogP contribution is 2.55. The van der Waals surface area contributed by atoms with Crippen molar-refractivity contribution in [3.05, 3.63) is 162 Å². The van der Waals surface area contributed by atoms with E-state index < -0.39 is 21.6 Å². The van der Waals surface area contributed by atoms with E-state index in [1.54, 1.807) is 0 Å². The van der Waals surface area contributed by atoms with Gasteiger partial charge in [-0.25, -0.2) is 18.4 Å². The number of fused-ring (bicyclic) bond motifs is 8. The van der Waals surface area contributed by atoms with E-state index in [2.05, 4.69) is 196 Å². The second-order valence-electron chi connectivity index (χ2n) is 24.0. The summed E-state index contributed by atoms with van der Waals surface area (Å²) >= 11 is 0. The Labute approximate surface area is 424 Å². The second kappa shape index (κ2) is 15.5. The van der Waals surface area contributed by atoms with Gasteiger partial charge in [0.2, 0.25) is 0 Å². The van der Waals surface area contributed by atoms with Crippen molar-refractivity contribution in [2.45, 2.75) is 124 Å². The van der Waals surface area contributed by atoms with Crippen molar-refractivity contribution >= 4 is 78.8 Å². The van der Waals surface area contributed by atoms with Crippen LogP contribution >= 0.6 is 0 Å². The van der Waals surface area contributed by atoms with Gasteiger partial charge in [-0.05, 0) is 115 Å². The Morgan fingerprint density at radius 3 is 1.15 bits per heavy atom. The van der Waals surface area contributed by atoms with Gasteiger partial charge in [-0.15, -0.1) is 0 Å². The van der Waals surface area contributed by atoms with Gasteiger partial charge in [-0.3, -0.25) is 0 Å². The number of anilines is 6. The van der Waals surface area contributed by atoms with Crippen LogP contribution in [-0.4, -0.2) is 25.1 Å². The number of rotatable bonds is 3. The van der Waals surface area contributed by atoms with E-state index in [9.17, 15) is 0 Å². The summed E-state index contributed by atoms with van der Waals surface area (Å²) in [4.78, 5) is 18.9. The summed E-state index contributed by atoms with van der Waals surface area (Å²) in [5.41, 5.74) is 17.2. The third-order valence-corrected chi connectivity index (χ3v) is 17.8. The summed E-state index contributed by atoms with van der Waals surface area (Å²) in [5, 5.41) is 0. The number of aromatic nitrogens is 2. The molecule has 2 unspecified atom stereocenters. The number of nitrogens with zero attached hydrogens (tertiary/aromatic N) is 4. The average Bonchev–Trinajstić information content (AvgIpc) is 3.33. The third-order valence-electron chi connectivity index (χ3n) is 15.0. The highest BCUT2D eigenvalue weighted by Gasteiger charge is 2.50. The van der Waals surface area contributed by atoms with Gasteiger partial charge < -0.3 is 9.80 Å². The largest absolute Gasteiger partial charge is 0.309 e. The predicted molar refractivity (Wildman–Crippen MR) is 297 cm³/mol. The Kier molecular flexibility index (Phi) is 10.0.